The molecule has 1 fully saturated rings. The highest BCUT2D eigenvalue weighted by molar-refractivity contribution is 6.51. The predicted octanol–water partition coefficient (Wildman–Crippen LogP) is 6.33. The van der Waals surface area contributed by atoms with Crippen molar-refractivity contribution in [3.63, 3.8) is 0 Å². The number of carbonyl (C=O) groups is 2. The number of hydrogen-bond donors (Lipinski definition) is 1. The van der Waals surface area contributed by atoms with E-state index < -0.39 is 23.5 Å². The summed E-state index contributed by atoms with van der Waals surface area (Å²) < 4.78 is 16.5. The maximum Gasteiger partial charge on any atom is 0.300 e. The van der Waals surface area contributed by atoms with E-state index in [1.165, 1.54) is 31.3 Å². The quantitative estimate of drug-likeness (QED) is 0.206. The highest BCUT2D eigenvalue weighted by atomic mass is 35.5. The molecule has 3 aromatic carbocycles. The average Bonchev–Trinajstić information content (AvgIpc) is 3.17. The third-order valence-corrected chi connectivity index (χ3v) is 6.53. The van der Waals surface area contributed by atoms with Gasteiger partial charge in [0.05, 0.1) is 43.0 Å². The summed E-state index contributed by atoms with van der Waals surface area (Å²) in [5.74, 6) is -0.363. The van der Waals surface area contributed by atoms with Gasteiger partial charge in [0.25, 0.3) is 11.7 Å². The lowest BCUT2D eigenvalue weighted by atomic mass is 9.94. The fourth-order valence-electron chi connectivity index (χ4n) is 4.39. The lowest BCUT2D eigenvalue weighted by molar-refractivity contribution is -0.132. The van der Waals surface area contributed by atoms with E-state index in [4.69, 9.17) is 25.8 Å². The van der Waals surface area contributed by atoms with Gasteiger partial charge in [-0.25, -0.2) is 0 Å². The minimum absolute atomic E-state index is 0.0770. The van der Waals surface area contributed by atoms with Crippen LogP contribution < -0.4 is 19.1 Å². The van der Waals surface area contributed by atoms with Crippen LogP contribution in [0.4, 0.5) is 5.69 Å². The van der Waals surface area contributed by atoms with E-state index in [1.807, 2.05) is 25.1 Å². The van der Waals surface area contributed by atoms with Gasteiger partial charge in [-0.3, -0.25) is 14.5 Å². The molecule has 0 saturated carbocycles. The topological polar surface area (TPSA) is 85.3 Å². The number of anilines is 1. The van der Waals surface area contributed by atoms with E-state index in [2.05, 4.69) is 13.8 Å². The number of methoxy groups -OCH3 is 2. The highest BCUT2D eigenvalue weighted by Gasteiger charge is 2.47. The van der Waals surface area contributed by atoms with Crippen LogP contribution in [0.2, 0.25) is 5.02 Å². The lowest BCUT2D eigenvalue weighted by Gasteiger charge is -2.26. The van der Waals surface area contributed by atoms with Crippen LogP contribution in [0.25, 0.3) is 5.76 Å². The highest BCUT2D eigenvalue weighted by Crippen LogP contribution is 2.45. The molecule has 1 saturated heterocycles. The molecular formula is C30H30ClNO6. The van der Waals surface area contributed by atoms with Crippen LogP contribution in [0, 0.1) is 12.8 Å². The van der Waals surface area contributed by atoms with Crippen molar-refractivity contribution in [1.82, 2.24) is 0 Å². The Morgan fingerprint density at radius 3 is 2.29 bits per heavy atom. The van der Waals surface area contributed by atoms with Gasteiger partial charge in [0, 0.05) is 11.8 Å². The third-order valence-electron chi connectivity index (χ3n) is 6.23. The Kier molecular flexibility index (Phi) is 7.97. The average molecular weight is 536 g/mol. The van der Waals surface area contributed by atoms with Crippen LogP contribution in [-0.2, 0) is 9.59 Å². The van der Waals surface area contributed by atoms with Crippen molar-refractivity contribution in [3.8, 4) is 17.2 Å². The number of hydrogen-bond acceptors (Lipinski definition) is 6. The standard InChI is InChI=1S/C30H30ClNO6/c1-17(2)16-38-21-11-9-19(10-12-21)27-26(28(33)22-14-23(31)25(37-5)15-24(22)36-4)29(34)30(35)32(27)20-8-6-7-18(3)13-20/h6-15,17,27,33H,16H2,1-5H3/b28-26+. The summed E-state index contributed by atoms with van der Waals surface area (Å²) in [5, 5.41) is 11.7. The van der Waals surface area contributed by atoms with Gasteiger partial charge in [-0.2, -0.15) is 0 Å². The molecule has 7 nitrogen and oxygen atoms in total. The number of ketones is 1. The van der Waals surface area contributed by atoms with Crippen molar-refractivity contribution in [3.05, 3.63) is 87.9 Å². The zero-order valence-corrected chi connectivity index (χ0v) is 22.7. The van der Waals surface area contributed by atoms with Crippen molar-refractivity contribution in [2.24, 2.45) is 5.92 Å². The fraction of sp³-hybridized carbons (Fsp3) is 0.267. The largest absolute Gasteiger partial charge is 0.507 e. The van der Waals surface area contributed by atoms with Crippen molar-refractivity contribution >= 4 is 34.7 Å². The molecule has 0 bridgehead atoms. The van der Waals surface area contributed by atoms with Crippen molar-refractivity contribution in [2.45, 2.75) is 26.8 Å². The number of benzene rings is 3. The van der Waals surface area contributed by atoms with Crippen LogP contribution >= 0.6 is 11.6 Å². The van der Waals surface area contributed by atoms with E-state index in [0.29, 0.717) is 35.3 Å². The van der Waals surface area contributed by atoms with Crippen LogP contribution in [-0.4, -0.2) is 37.6 Å². The molecule has 0 spiro atoms. The number of ether oxygens (including phenoxy) is 3. The Hall–Kier alpha value is -3.97. The van der Waals surface area contributed by atoms with E-state index in [1.54, 1.807) is 30.3 Å². The summed E-state index contributed by atoms with van der Waals surface area (Å²) in [4.78, 5) is 28.3. The molecule has 3 aromatic rings. The second kappa shape index (κ2) is 11.2. The number of carbonyl (C=O) groups excluding carboxylic acids is 2. The number of aliphatic hydroxyl groups is 1. The fourth-order valence-corrected chi connectivity index (χ4v) is 4.63. The Labute approximate surface area is 227 Å². The first kappa shape index (κ1) is 27.1. The Bertz CT molecular complexity index is 1400. The minimum Gasteiger partial charge on any atom is -0.507 e. The van der Waals surface area contributed by atoms with Crippen molar-refractivity contribution < 1.29 is 28.9 Å². The summed E-state index contributed by atoms with van der Waals surface area (Å²) >= 11 is 6.35. The minimum atomic E-state index is -0.901. The van der Waals surface area contributed by atoms with E-state index >= 15 is 0 Å². The summed E-state index contributed by atoms with van der Waals surface area (Å²) in [6.45, 7) is 6.58. The van der Waals surface area contributed by atoms with Gasteiger partial charge in [-0.05, 0) is 54.3 Å². The van der Waals surface area contributed by atoms with Crippen molar-refractivity contribution in [1.29, 1.82) is 0 Å². The number of aliphatic hydroxyl groups excluding tert-OH is 1. The first-order valence-electron chi connectivity index (χ1n) is 12.2. The molecule has 1 aliphatic rings. The first-order chi connectivity index (χ1) is 18.2. The van der Waals surface area contributed by atoms with Crippen LogP contribution in [0.5, 0.6) is 17.2 Å². The SMILES string of the molecule is COc1cc(OC)c(/C(O)=C2\C(=O)C(=O)N(c3cccc(C)c3)C2c2ccc(OCC(C)C)cc2)cc1Cl. The molecule has 198 valence electrons. The molecule has 0 aromatic heterocycles. The Balaban J connectivity index is 1.91. The molecule has 0 aliphatic carbocycles. The summed E-state index contributed by atoms with van der Waals surface area (Å²) in [6.07, 6.45) is 0. The normalized spacial score (nSPS) is 16.7. The zero-order chi connectivity index (χ0) is 27.6. The van der Waals surface area contributed by atoms with Crippen molar-refractivity contribution in [2.75, 3.05) is 25.7 Å². The van der Waals surface area contributed by atoms with Gasteiger partial charge in [0.2, 0.25) is 0 Å². The number of Topliss-reactive ketones (excluding diaryl/α,β-unsaturated/α-hetero) is 1. The molecule has 4 rings (SSSR count). The molecule has 1 atom stereocenters. The monoisotopic (exact) mass is 535 g/mol. The van der Waals surface area contributed by atoms with Gasteiger partial charge in [-0.15, -0.1) is 0 Å². The maximum absolute atomic E-state index is 13.5. The molecule has 1 amide bonds. The van der Waals surface area contributed by atoms with Crippen LogP contribution in [0.1, 0.15) is 36.6 Å². The molecule has 1 unspecified atom stereocenters. The smallest absolute Gasteiger partial charge is 0.300 e. The number of halogens is 1. The molecule has 0 radical (unpaired) electrons. The molecule has 38 heavy (non-hydrogen) atoms. The lowest BCUT2D eigenvalue weighted by Crippen LogP contribution is -2.29. The number of nitrogens with zero attached hydrogens (tertiary/aromatic N) is 1. The van der Waals surface area contributed by atoms with E-state index in [0.717, 1.165) is 5.56 Å². The summed E-state index contributed by atoms with van der Waals surface area (Å²) in [5.41, 5.74) is 2.18. The Morgan fingerprint density at radius 1 is 1.00 bits per heavy atom. The molecule has 1 heterocycles. The van der Waals surface area contributed by atoms with Gasteiger partial charge in [-0.1, -0.05) is 49.7 Å². The number of aryl methyl sites for hydroxylation is 1. The third kappa shape index (κ3) is 5.20. The first-order valence-corrected chi connectivity index (χ1v) is 12.6. The maximum atomic E-state index is 13.5. The summed E-state index contributed by atoms with van der Waals surface area (Å²) in [6, 6.07) is 16.5. The van der Waals surface area contributed by atoms with Gasteiger partial charge < -0.3 is 19.3 Å². The van der Waals surface area contributed by atoms with Crippen LogP contribution in [0.3, 0.4) is 0 Å². The van der Waals surface area contributed by atoms with Gasteiger partial charge >= 0.3 is 0 Å². The second-order valence-electron chi connectivity index (χ2n) is 9.47. The van der Waals surface area contributed by atoms with Gasteiger partial charge in [0.1, 0.15) is 23.0 Å². The molecule has 8 heteroatoms. The molecular weight excluding hydrogens is 506 g/mol. The van der Waals surface area contributed by atoms with Crippen LogP contribution in [0.15, 0.2) is 66.2 Å². The van der Waals surface area contributed by atoms with E-state index in [9.17, 15) is 14.7 Å². The summed E-state index contributed by atoms with van der Waals surface area (Å²) in [7, 11) is 2.89. The van der Waals surface area contributed by atoms with Gasteiger partial charge in [0.15, 0.2) is 0 Å². The van der Waals surface area contributed by atoms with E-state index in [-0.39, 0.29) is 21.9 Å². The number of amides is 1. The molecule has 1 aliphatic heterocycles. The Morgan fingerprint density at radius 2 is 1.68 bits per heavy atom. The molecule has 1 N–H and O–H groups in total. The zero-order valence-electron chi connectivity index (χ0n) is 21.9. The predicted molar refractivity (Wildman–Crippen MR) is 147 cm³/mol. The number of rotatable bonds is 8. The second-order valence-corrected chi connectivity index (χ2v) is 9.88.